The van der Waals surface area contributed by atoms with Crippen molar-refractivity contribution >= 4 is 17.9 Å². The minimum atomic E-state index is -2.01. The molecule has 0 radical (unpaired) electrons. The van der Waals surface area contributed by atoms with Crippen molar-refractivity contribution in [1.82, 2.24) is 0 Å². The smallest absolute Gasteiger partial charge is 0.311 e. The van der Waals surface area contributed by atoms with Crippen LogP contribution in [-0.4, -0.2) is 60.4 Å². The quantitative estimate of drug-likeness (QED) is 0.531. The van der Waals surface area contributed by atoms with Crippen molar-refractivity contribution in [2.75, 3.05) is 6.61 Å². The molecule has 0 bridgehead atoms. The van der Waals surface area contributed by atoms with Crippen LogP contribution in [0.4, 0.5) is 4.39 Å². The molecule has 1 rings (SSSR count). The highest BCUT2D eigenvalue weighted by Gasteiger charge is 2.52. The van der Waals surface area contributed by atoms with Gasteiger partial charge in [-0.2, -0.15) is 0 Å². The van der Waals surface area contributed by atoms with Crippen molar-refractivity contribution in [3.05, 3.63) is 0 Å². The molecule has 8 nitrogen and oxygen atoms in total. The lowest BCUT2D eigenvalue weighted by Gasteiger charge is -2.41. The molecule has 1 heterocycles. The third kappa shape index (κ3) is 6.91. The fourth-order valence-corrected chi connectivity index (χ4v) is 2.25. The van der Waals surface area contributed by atoms with Crippen molar-refractivity contribution in [3.63, 3.8) is 0 Å². The number of esters is 3. The Bertz CT molecular complexity index is 641. The summed E-state index contributed by atoms with van der Waals surface area (Å²) in [6.07, 6.45) is -8.41. The predicted molar refractivity (Wildman–Crippen MR) is 105 cm³/mol. The van der Waals surface area contributed by atoms with Gasteiger partial charge in [-0.15, -0.1) is 0 Å². The van der Waals surface area contributed by atoms with E-state index in [2.05, 4.69) is 0 Å². The largest absolute Gasteiger partial charge is 0.462 e. The molecule has 1 N–H and O–H groups in total. The summed E-state index contributed by atoms with van der Waals surface area (Å²) in [5.41, 5.74) is -2.72. The first-order chi connectivity index (χ1) is 13.4. The van der Waals surface area contributed by atoms with E-state index < -0.39 is 71.5 Å². The first-order valence-electron chi connectivity index (χ1n) is 9.92. The van der Waals surface area contributed by atoms with Crippen LogP contribution in [0.5, 0.6) is 0 Å². The highest BCUT2D eigenvalue weighted by molar-refractivity contribution is 5.77. The lowest BCUT2D eigenvalue weighted by atomic mass is 9.94. The number of aliphatic hydroxyl groups is 1. The number of ether oxygens (including phenoxy) is 4. The van der Waals surface area contributed by atoms with Crippen LogP contribution in [0.1, 0.15) is 62.3 Å². The Morgan fingerprint density at radius 1 is 0.800 bits per heavy atom. The molecule has 1 aliphatic rings. The van der Waals surface area contributed by atoms with Gasteiger partial charge in [-0.05, 0) is 62.3 Å². The summed E-state index contributed by atoms with van der Waals surface area (Å²) >= 11 is 0. The molecule has 0 aromatic rings. The summed E-state index contributed by atoms with van der Waals surface area (Å²) in [5.74, 6) is -2.06. The van der Waals surface area contributed by atoms with Gasteiger partial charge in [-0.25, -0.2) is 4.39 Å². The zero-order chi connectivity index (χ0) is 23.7. The molecule has 0 aliphatic carbocycles. The summed E-state index contributed by atoms with van der Waals surface area (Å²) in [4.78, 5) is 36.7. The number of alkyl halides is 1. The number of carbonyl (C=O) groups excluding carboxylic acids is 3. The Balaban J connectivity index is 3.09. The van der Waals surface area contributed by atoms with Gasteiger partial charge in [-0.3, -0.25) is 14.4 Å². The van der Waals surface area contributed by atoms with Gasteiger partial charge in [0.1, 0.15) is 12.7 Å². The van der Waals surface area contributed by atoms with Gasteiger partial charge in [0.05, 0.1) is 16.2 Å². The summed E-state index contributed by atoms with van der Waals surface area (Å²) in [7, 11) is 0. The topological polar surface area (TPSA) is 108 Å². The molecule has 174 valence electrons. The molecule has 30 heavy (non-hydrogen) atoms. The Kier molecular flexibility index (Phi) is 8.04. The molecular formula is C21H35FO8. The first kappa shape index (κ1) is 26.3. The highest BCUT2D eigenvalue weighted by Crippen LogP contribution is 2.31. The zero-order valence-electron chi connectivity index (χ0n) is 19.3. The summed E-state index contributed by atoms with van der Waals surface area (Å²) in [5, 5.41) is 10.4. The SMILES string of the molecule is CC(C)(C)C(=O)OCC1OC(O)C(OC(=O)C(C)(C)C)C(OC(=O)C(C)(C)C)C1F. The van der Waals surface area contributed by atoms with E-state index in [4.69, 9.17) is 18.9 Å². The number of hydrogen-bond acceptors (Lipinski definition) is 8. The van der Waals surface area contributed by atoms with Gasteiger partial charge in [0.2, 0.25) is 0 Å². The van der Waals surface area contributed by atoms with Gasteiger partial charge < -0.3 is 24.1 Å². The Hall–Kier alpha value is -1.74. The van der Waals surface area contributed by atoms with Gasteiger partial charge >= 0.3 is 17.9 Å². The average molecular weight is 435 g/mol. The molecule has 5 unspecified atom stereocenters. The monoisotopic (exact) mass is 434 g/mol. The van der Waals surface area contributed by atoms with Gasteiger partial charge in [-0.1, -0.05) is 0 Å². The van der Waals surface area contributed by atoms with Crippen LogP contribution in [0.25, 0.3) is 0 Å². The molecule has 1 aliphatic heterocycles. The maximum absolute atomic E-state index is 15.3. The second-order valence-electron chi connectivity index (χ2n) is 10.6. The highest BCUT2D eigenvalue weighted by atomic mass is 19.1. The van der Waals surface area contributed by atoms with E-state index in [1.807, 2.05) is 0 Å². The third-order valence-electron chi connectivity index (χ3n) is 4.29. The Morgan fingerprint density at radius 3 is 1.60 bits per heavy atom. The molecule has 1 fully saturated rings. The van der Waals surface area contributed by atoms with E-state index in [1.165, 1.54) is 0 Å². The average Bonchev–Trinajstić information content (AvgIpc) is 2.56. The van der Waals surface area contributed by atoms with Crippen molar-refractivity contribution in [2.24, 2.45) is 16.2 Å². The molecule has 0 amide bonds. The molecule has 5 atom stereocenters. The van der Waals surface area contributed by atoms with E-state index in [0.717, 1.165) is 0 Å². The van der Waals surface area contributed by atoms with Gasteiger partial charge in [0.15, 0.2) is 24.7 Å². The van der Waals surface area contributed by atoms with Crippen LogP contribution in [0.3, 0.4) is 0 Å². The van der Waals surface area contributed by atoms with Crippen molar-refractivity contribution < 1.29 is 42.8 Å². The van der Waals surface area contributed by atoms with E-state index in [-0.39, 0.29) is 0 Å². The van der Waals surface area contributed by atoms with Crippen LogP contribution < -0.4 is 0 Å². The van der Waals surface area contributed by atoms with Crippen molar-refractivity contribution in [1.29, 1.82) is 0 Å². The van der Waals surface area contributed by atoms with Crippen molar-refractivity contribution in [3.8, 4) is 0 Å². The number of rotatable bonds is 4. The minimum absolute atomic E-state index is 0.502. The fourth-order valence-electron chi connectivity index (χ4n) is 2.25. The summed E-state index contributed by atoms with van der Waals surface area (Å²) in [6.45, 7) is 13.9. The minimum Gasteiger partial charge on any atom is -0.462 e. The van der Waals surface area contributed by atoms with E-state index in [0.29, 0.717) is 0 Å². The third-order valence-corrected chi connectivity index (χ3v) is 4.29. The molecule has 0 saturated carbocycles. The second-order valence-corrected chi connectivity index (χ2v) is 10.6. The van der Waals surface area contributed by atoms with Crippen LogP contribution in [0.15, 0.2) is 0 Å². The number of aliphatic hydroxyl groups excluding tert-OH is 1. The summed E-state index contributed by atoms with van der Waals surface area (Å²) < 4.78 is 36.1. The van der Waals surface area contributed by atoms with Crippen LogP contribution in [-0.2, 0) is 33.3 Å². The van der Waals surface area contributed by atoms with E-state index in [9.17, 15) is 19.5 Å². The standard InChI is InChI=1S/C21H35FO8/c1-19(2,3)16(24)27-10-11-12(22)13(29-17(25)20(4,5)6)14(15(23)28-11)30-18(26)21(7,8)9/h11-15,23H,10H2,1-9H3. The van der Waals surface area contributed by atoms with Crippen molar-refractivity contribution in [2.45, 2.75) is 93.1 Å². The lowest BCUT2D eigenvalue weighted by molar-refractivity contribution is -0.287. The van der Waals surface area contributed by atoms with E-state index >= 15 is 4.39 Å². The molecular weight excluding hydrogens is 399 g/mol. The lowest BCUT2D eigenvalue weighted by Crippen LogP contribution is -2.60. The molecule has 0 aromatic heterocycles. The van der Waals surface area contributed by atoms with Crippen LogP contribution in [0.2, 0.25) is 0 Å². The maximum atomic E-state index is 15.3. The zero-order valence-corrected chi connectivity index (χ0v) is 19.3. The molecule has 1 saturated heterocycles. The normalized spacial score (nSPS) is 27.9. The van der Waals surface area contributed by atoms with E-state index in [1.54, 1.807) is 62.3 Å². The second kappa shape index (κ2) is 9.18. The molecule has 0 spiro atoms. The van der Waals surface area contributed by atoms with Gasteiger partial charge in [0.25, 0.3) is 0 Å². The number of halogens is 1. The van der Waals surface area contributed by atoms with Crippen LogP contribution in [0, 0.1) is 16.2 Å². The Labute approximate surface area is 177 Å². The number of carbonyl (C=O) groups is 3. The first-order valence-corrected chi connectivity index (χ1v) is 9.92. The fraction of sp³-hybridized carbons (Fsp3) is 0.857. The summed E-state index contributed by atoms with van der Waals surface area (Å²) in [6, 6.07) is 0. The Morgan fingerprint density at radius 2 is 1.20 bits per heavy atom. The van der Waals surface area contributed by atoms with Gasteiger partial charge in [0, 0.05) is 0 Å². The maximum Gasteiger partial charge on any atom is 0.311 e. The van der Waals surface area contributed by atoms with Crippen LogP contribution >= 0.6 is 0 Å². The molecule has 9 heteroatoms. The predicted octanol–water partition coefficient (Wildman–Crippen LogP) is 2.55. The molecule has 0 aromatic carbocycles. The number of hydrogen-bond donors (Lipinski definition) is 1.